The third-order valence-electron chi connectivity index (χ3n) is 6.29. The average Bonchev–Trinajstić information content (AvgIpc) is 3.21. The molecule has 2 aromatic carbocycles. The lowest BCUT2D eigenvalue weighted by atomic mass is 9.80. The fourth-order valence-electron chi connectivity index (χ4n) is 4.41. The molecular weight excluding hydrogens is 362 g/mol. The van der Waals surface area contributed by atoms with Crippen molar-refractivity contribution in [3.8, 4) is 0 Å². The third-order valence-corrected chi connectivity index (χ3v) is 6.29. The van der Waals surface area contributed by atoms with Gasteiger partial charge in [0.15, 0.2) is 5.69 Å². The number of carbonyl (C=O) groups is 1. The average molecular weight is 392 g/mol. The van der Waals surface area contributed by atoms with Gasteiger partial charge < -0.3 is 10.2 Å². The molecule has 0 unspecified atom stereocenters. The van der Waals surface area contributed by atoms with Gasteiger partial charge in [0, 0.05) is 12.1 Å². The summed E-state index contributed by atoms with van der Waals surface area (Å²) in [6.45, 7) is 1.23. The Morgan fingerprint density at radius 2 is 1.86 bits per heavy atom. The number of hydrogen-bond donors (Lipinski definition) is 1. The normalized spacial score (nSPS) is 16.2. The maximum Gasteiger partial charge on any atom is 0.273 e. The topological polar surface area (TPSA) is 63.1 Å². The predicted octanol–water partition coefficient (Wildman–Crippen LogP) is 3.47. The van der Waals surface area contributed by atoms with Crippen LogP contribution in [0.2, 0.25) is 0 Å². The van der Waals surface area contributed by atoms with Crippen molar-refractivity contribution >= 4 is 16.7 Å². The summed E-state index contributed by atoms with van der Waals surface area (Å²) in [5, 5.41) is 13.8. The van der Waals surface area contributed by atoms with Gasteiger partial charge in [0.05, 0.1) is 12.7 Å². The number of nitrogens with one attached hydrogen (secondary N) is 1. The minimum absolute atomic E-state index is 0.0485. The summed E-state index contributed by atoms with van der Waals surface area (Å²) in [6.07, 6.45) is 7.69. The van der Waals surface area contributed by atoms with Gasteiger partial charge in [-0.15, -0.1) is 5.10 Å². The Bertz CT molecular complexity index is 982. The van der Waals surface area contributed by atoms with E-state index in [1.54, 1.807) is 10.9 Å². The van der Waals surface area contributed by atoms with E-state index in [9.17, 15) is 4.79 Å². The first kappa shape index (κ1) is 19.6. The van der Waals surface area contributed by atoms with Crippen LogP contribution in [0.3, 0.4) is 0 Å². The van der Waals surface area contributed by atoms with Crippen molar-refractivity contribution in [2.24, 2.45) is 0 Å². The van der Waals surface area contributed by atoms with Crippen LogP contribution in [-0.2, 0) is 6.54 Å². The van der Waals surface area contributed by atoms with E-state index in [1.807, 2.05) is 18.2 Å². The molecule has 1 aliphatic carbocycles. The van der Waals surface area contributed by atoms with E-state index < -0.39 is 0 Å². The van der Waals surface area contributed by atoms with Crippen molar-refractivity contribution in [3.63, 3.8) is 0 Å². The Hall–Kier alpha value is -2.73. The zero-order chi connectivity index (χ0) is 20.3. The second-order valence-corrected chi connectivity index (χ2v) is 8.30. The van der Waals surface area contributed by atoms with Crippen LogP contribution in [0, 0.1) is 0 Å². The van der Waals surface area contributed by atoms with Crippen LogP contribution >= 0.6 is 0 Å². The largest absolute Gasteiger partial charge is 0.349 e. The molecule has 0 saturated heterocycles. The van der Waals surface area contributed by atoms with Crippen molar-refractivity contribution in [1.82, 2.24) is 25.2 Å². The fraction of sp³-hybridized carbons (Fsp3) is 0.435. The van der Waals surface area contributed by atoms with E-state index in [0.29, 0.717) is 18.8 Å². The highest BCUT2D eigenvalue weighted by Gasteiger charge is 2.34. The maximum atomic E-state index is 12.7. The smallest absolute Gasteiger partial charge is 0.273 e. The molecular formula is C23H29N5O. The Morgan fingerprint density at radius 3 is 2.66 bits per heavy atom. The lowest BCUT2D eigenvalue weighted by Crippen LogP contribution is -2.53. The first-order chi connectivity index (χ1) is 14.1. The molecule has 3 aromatic rings. The number of rotatable bonds is 6. The van der Waals surface area contributed by atoms with Gasteiger partial charge in [-0.25, -0.2) is 4.68 Å². The maximum absolute atomic E-state index is 12.7. The number of nitrogens with zero attached hydrogens (tertiary/aromatic N) is 4. The van der Waals surface area contributed by atoms with Crippen LogP contribution in [0.15, 0.2) is 48.7 Å². The van der Waals surface area contributed by atoms with Crippen molar-refractivity contribution < 1.29 is 4.79 Å². The lowest BCUT2D eigenvalue weighted by Gasteiger charge is -2.43. The Balaban J connectivity index is 1.44. The summed E-state index contributed by atoms with van der Waals surface area (Å²) in [4.78, 5) is 15.0. The number of fused-ring (bicyclic) bond motifs is 1. The molecule has 1 aromatic heterocycles. The Kier molecular flexibility index (Phi) is 5.62. The van der Waals surface area contributed by atoms with Gasteiger partial charge in [0.1, 0.15) is 0 Å². The summed E-state index contributed by atoms with van der Waals surface area (Å²) in [7, 11) is 4.22. The second-order valence-electron chi connectivity index (χ2n) is 8.30. The SMILES string of the molecule is CN(C)C1(CNC(=O)c2cn(Cc3cccc4ccccc34)nn2)CCCCC1. The van der Waals surface area contributed by atoms with Gasteiger partial charge in [0.2, 0.25) is 0 Å². The molecule has 0 bridgehead atoms. The summed E-state index contributed by atoms with van der Waals surface area (Å²) in [5.41, 5.74) is 1.58. The zero-order valence-electron chi connectivity index (χ0n) is 17.3. The number of likely N-dealkylation sites (N-methyl/N-ethyl adjacent to an activating group) is 1. The van der Waals surface area contributed by atoms with E-state index >= 15 is 0 Å². The molecule has 0 spiro atoms. The zero-order valence-corrected chi connectivity index (χ0v) is 17.3. The number of benzene rings is 2. The molecule has 1 amide bonds. The number of carbonyl (C=O) groups excluding carboxylic acids is 1. The molecule has 6 nitrogen and oxygen atoms in total. The molecule has 6 heteroatoms. The highest BCUT2D eigenvalue weighted by atomic mass is 16.2. The number of hydrogen-bond acceptors (Lipinski definition) is 4. The Labute approximate surface area is 171 Å². The molecule has 4 rings (SSSR count). The number of amides is 1. The van der Waals surface area contributed by atoms with Crippen LogP contribution in [0.4, 0.5) is 0 Å². The minimum Gasteiger partial charge on any atom is -0.349 e. The molecule has 29 heavy (non-hydrogen) atoms. The van der Waals surface area contributed by atoms with Gasteiger partial charge in [-0.05, 0) is 43.3 Å². The molecule has 152 valence electrons. The summed E-state index contributed by atoms with van der Waals surface area (Å²) in [6, 6.07) is 14.5. The Morgan fingerprint density at radius 1 is 1.10 bits per heavy atom. The van der Waals surface area contributed by atoms with Gasteiger partial charge in [-0.2, -0.15) is 0 Å². The molecule has 1 N–H and O–H groups in total. The van der Waals surface area contributed by atoms with Crippen LogP contribution in [0.25, 0.3) is 10.8 Å². The second kappa shape index (κ2) is 8.33. The van der Waals surface area contributed by atoms with E-state index in [-0.39, 0.29) is 11.4 Å². The predicted molar refractivity (Wildman–Crippen MR) is 115 cm³/mol. The first-order valence-corrected chi connectivity index (χ1v) is 10.4. The molecule has 0 aliphatic heterocycles. The van der Waals surface area contributed by atoms with Crippen LogP contribution in [-0.4, -0.2) is 52.0 Å². The molecule has 1 fully saturated rings. The highest BCUT2D eigenvalue weighted by molar-refractivity contribution is 5.92. The van der Waals surface area contributed by atoms with Crippen molar-refractivity contribution in [2.75, 3.05) is 20.6 Å². The van der Waals surface area contributed by atoms with Gasteiger partial charge in [0.25, 0.3) is 5.91 Å². The minimum atomic E-state index is -0.152. The molecule has 0 radical (unpaired) electrons. The first-order valence-electron chi connectivity index (χ1n) is 10.4. The lowest BCUT2D eigenvalue weighted by molar-refractivity contribution is 0.0796. The van der Waals surface area contributed by atoms with E-state index in [4.69, 9.17) is 0 Å². The van der Waals surface area contributed by atoms with Gasteiger partial charge in [-0.3, -0.25) is 4.79 Å². The third kappa shape index (κ3) is 4.17. The monoisotopic (exact) mass is 391 g/mol. The van der Waals surface area contributed by atoms with Gasteiger partial charge >= 0.3 is 0 Å². The van der Waals surface area contributed by atoms with Crippen LogP contribution in [0.5, 0.6) is 0 Å². The molecule has 1 saturated carbocycles. The summed E-state index contributed by atoms with van der Waals surface area (Å²) < 4.78 is 1.74. The molecule has 1 aliphatic rings. The van der Waals surface area contributed by atoms with Crippen LogP contribution in [0.1, 0.15) is 48.2 Å². The number of aromatic nitrogens is 3. The standard InChI is InChI=1S/C23H29N5O/c1-27(2)23(13-6-3-7-14-23)17-24-22(29)21-16-28(26-25-21)15-19-11-8-10-18-9-4-5-12-20(18)19/h4-5,8-12,16H,3,6-7,13-15,17H2,1-2H3,(H,24,29). The highest BCUT2D eigenvalue weighted by Crippen LogP contribution is 2.31. The van der Waals surface area contributed by atoms with E-state index in [2.05, 4.69) is 58.9 Å². The van der Waals surface area contributed by atoms with E-state index in [0.717, 1.165) is 18.4 Å². The summed E-state index contributed by atoms with van der Waals surface area (Å²) >= 11 is 0. The quantitative estimate of drug-likeness (QED) is 0.699. The van der Waals surface area contributed by atoms with Crippen LogP contribution < -0.4 is 5.32 Å². The molecule has 1 heterocycles. The van der Waals surface area contributed by atoms with Crippen molar-refractivity contribution in [1.29, 1.82) is 0 Å². The van der Waals surface area contributed by atoms with Crippen molar-refractivity contribution in [3.05, 3.63) is 59.9 Å². The van der Waals surface area contributed by atoms with Crippen molar-refractivity contribution in [2.45, 2.75) is 44.2 Å². The summed E-state index contributed by atoms with van der Waals surface area (Å²) in [5.74, 6) is -0.152. The fourth-order valence-corrected chi connectivity index (χ4v) is 4.41. The molecule has 0 atom stereocenters. The van der Waals surface area contributed by atoms with Gasteiger partial charge in [-0.1, -0.05) is 66.9 Å². The van der Waals surface area contributed by atoms with E-state index in [1.165, 1.54) is 30.0 Å².